The minimum Gasteiger partial charge on any atom is -0.0654 e. The van der Waals surface area contributed by atoms with Crippen LogP contribution in [0.25, 0.3) is 21.9 Å². The quantitative estimate of drug-likeness (QED) is 0.283. The Bertz CT molecular complexity index is 957. The van der Waals surface area contributed by atoms with Gasteiger partial charge < -0.3 is 0 Å². The second-order valence-corrected chi connectivity index (χ2v) is 10.3. The fourth-order valence-electron chi connectivity index (χ4n) is 5.66. The molecule has 3 aromatic carbocycles. The third-order valence-corrected chi connectivity index (χ3v) is 7.77. The lowest BCUT2D eigenvalue weighted by Crippen LogP contribution is -2.15. The van der Waals surface area contributed by atoms with Crippen molar-refractivity contribution < 1.29 is 0 Å². The van der Waals surface area contributed by atoms with E-state index in [4.69, 9.17) is 0 Å². The topological polar surface area (TPSA) is 0 Å². The molecule has 0 radical (unpaired) electrons. The van der Waals surface area contributed by atoms with Crippen molar-refractivity contribution in [1.82, 2.24) is 0 Å². The van der Waals surface area contributed by atoms with Crippen molar-refractivity contribution >= 4 is 10.8 Å². The third-order valence-electron chi connectivity index (χ3n) is 7.77. The van der Waals surface area contributed by atoms with Crippen LogP contribution in [0, 0.1) is 11.8 Å². The Labute approximate surface area is 196 Å². The Balaban J connectivity index is 1.33. The smallest absolute Gasteiger partial charge is 0.0178 e. The van der Waals surface area contributed by atoms with Crippen LogP contribution in [0.3, 0.4) is 0 Å². The molecule has 170 valence electrons. The number of hydrogen-bond donors (Lipinski definition) is 0. The van der Waals surface area contributed by atoms with E-state index in [0.717, 1.165) is 11.8 Å². The van der Waals surface area contributed by atoms with E-state index in [1.165, 1.54) is 110 Å². The average Bonchev–Trinajstić information content (AvgIpc) is 2.84. The van der Waals surface area contributed by atoms with Gasteiger partial charge in [0.1, 0.15) is 0 Å². The summed E-state index contributed by atoms with van der Waals surface area (Å²) in [6.07, 6.45) is 16.4. The molecule has 4 rings (SSSR count). The number of fused-ring (bicyclic) bond motifs is 1. The van der Waals surface area contributed by atoms with E-state index in [0.29, 0.717) is 0 Å². The van der Waals surface area contributed by atoms with Gasteiger partial charge in [0.25, 0.3) is 0 Å². The maximum absolute atomic E-state index is 2.38. The van der Waals surface area contributed by atoms with Gasteiger partial charge in [0.15, 0.2) is 0 Å². The summed E-state index contributed by atoms with van der Waals surface area (Å²) < 4.78 is 0. The van der Waals surface area contributed by atoms with Crippen molar-refractivity contribution in [2.75, 3.05) is 0 Å². The van der Waals surface area contributed by atoms with Gasteiger partial charge in [0.2, 0.25) is 0 Å². The molecule has 1 aliphatic rings. The van der Waals surface area contributed by atoms with Gasteiger partial charge in [-0.2, -0.15) is 0 Å². The highest BCUT2D eigenvalue weighted by Gasteiger charge is 2.20. The predicted molar refractivity (Wildman–Crippen MR) is 141 cm³/mol. The van der Waals surface area contributed by atoms with E-state index >= 15 is 0 Å². The van der Waals surface area contributed by atoms with Gasteiger partial charge in [0, 0.05) is 0 Å². The van der Waals surface area contributed by atoms with Gasteiger partial charge in [-0.25, -0.2) is 0 Å². The van der Waals surface area contributed by atoms with Crippen LogP contribution in [-0.2, 0) is 12.8 Å². The molecule has 0 atom stereocenters. The average molecular weight is 427 g/mol. The van der Waals surface area contributed by atoms with Gasteiger partial charge in [-0.1, -0.05) is 120 Å². The zero-order chi connectivity index (χ0) is 22.2. The third kappa shape index (κ3) is 6.25. The zero-order valence-electron chi connectivity index (χ0n) is 20.4. The highest BCUT2D eigenvalue weighted by Crippen LogP contribution is 2.34. The maximum Gasteiger partial charge on any atom is -0.0178 e. The van der Waals surface area contributed by atoms with Crippen LogP contribution in [-0.4, -0.2) is 0 Å². The summed E-state index contributed by atoms with van der Waals surface area (Å²) in [4.78, 5) is 0. The van der Waals surface area contributed by atoms with Crippen LogP contribution >= 0.6 is 0 Å². The first kappa shape index (κ1) is 23.1. The van der Waals surface area contributed by atoms with Gasteiger partial charge >= 0.3 is 0 Å². The molecule has 0 N–H and O–H groups in total. The van der Waals surface area contributed by atoms with Gasteiger partial charge in [0.05, 0.1) is 0 Å². The maximum atomic E-state index is 2.38. The minimum atomic E-state index is 0.954. The summed E-state index contributed by atoms with van der Waals surface area (Å²) in [5, 5.41) is 2.72. The number of hydrogen-bond acceptors (Lipinski definition) is 0. The monoisotopic (exact) mass is 426 g/mol. The molecular formula is C32H42. The molecule has 0 heterocycles. The summed E-state index contributed by atoms with van der Waals surface area (Å²) in [5.41, 5.74) is 5.64. The normalized spacial score (nSPS) is 18.8. The number of rotatable bonds is 10. The first-order chi connectivity index (χ1) is 15.7. The van der Waals surface area contributed by atoms with E-state index in [-0.39, 0.29) is 0 Å². The van der Waals surface area contributed by atoms with Gasteiger partial charge in [-0.3, -0.25) is 0 Å². The summed E-state index contributed by atoms with van der Waals surface area (Å²) in [7, 11) is 0. The Morgan fingerprint density at radius 3 is 1.91 bits per heavy atom. The second-order valence-electron chi connectivity index (χ2n) is 10.3. The van der Waals surface area contributed by atoms with Crippen molar-refractivity contribution in [3.63, 3.8) is 0 Å². The number of aryl methyl sites for hydroxylation is 2. The SMILES string of the molecule is CCCCCc1ccc2cc(-c3ccc(CCC4CCC(CCC)CC4)cc3)ccc2c1. The molecule has 0 heteroatoms. The van der Waals surface area contributed by atoms with E-state index in [1.54, 1.807) is 0 Å². The fraction of sp³-hybridized carbons (Fsp3) is 0.500. The molecule has 0 unspecified atom stereocenters. The zero-order valence-corrected chi connectivity index (χ0v) is 20.4. The van der Waals surface area contributed by atoms with Crippen molar-refractivity contribution in [1.29, 1.82) is 0 Å². The van der Waals surface area contributed by atoms with Crippen molar-refractivity contribution in [3.8, 4) is 11.1 Å². The molecule has 0 amide bonds. The minimum absolute atomic E-state index is 0.954. The summed E-state index contributed by atoms with van der Waals surface area (Å²) in [6, 6.07) is 23.3. The number of unbranched alkanes of at least 4 members (excludes halogenated alkanes) is 2. The molecule has 3 aromatic rings. The highest BCUT2D eigenvalue weighted by molar-refractivity contribution is 5.87. The molecule has 1 saturated carbocycles. The Morgan fingerprint density at radius 1 is 0.562 bits per heavy atom. The standard InChI is InChI=1S/C32H42/c1-3-5-6-8-28-17-20-32-24-31(22-21-30(32)23-28)29-18-15-27(16-19-29)14-13-26-11-9-25(7-4-2)10-12-26/h15-26H,3-14H2,1-2H3. The largest absolute Gasteiger partial charge is 0.0654 e. The second kappa shape index (κ2) is 11.7. The lowest BCUT2D eigenvalue weighted by Gasteiger charge is -2.28. The molecule has 0 bridgehead atoms. The van der Waals surface area contributed by atoms with Crippen LogP contribution in [0.1, 0.15) is 89.2 Å². The molecule has 0 saturated heterocycles. The van der Waals surface area contributed by atoms with Crippen LogP contribution < -0.4 is 0 Å². The molecule has 0 spiro atoms. The Hall–Kier alpha value is -2.08. The summed E-state index contributed by atoms with van der Waals surface area (Å²) in [6.45, 7) is 4.60. The van der Waals surface area contributed by atoms with Crippen LogP contribution in [0.4, 0.5) is 0 Å². The Kier molecular flexibility index (Phi) is 8.43. The van der Waals surface area contributed by atoms with E-state index in [2.05, 4.69) is 74.5 Å². The molecule has 32 heavy (non-hydrogen) atoms. The number of benzene rings is 3. The van der Waals surface area contributed by atoms with Crippen LogP contribution in [0.2, 0.25) is 0 Å². The van der Waals surface area contributed by atoms with Crippen LogP contribution in [0.5, 0.6) is 0 Å². The lowest BCUT2D eigenvalue weighted by atomic mass is 9.78. The Morgan fingerprint density at radius 2 is 1.19 bits per heavy atom. The first-order valence-electron chi connectivity index (χ1n) is 13.4. The van der Waals surface area contributed by atoms with E-state index < -0.39 is 0 Å². The van der Waals surface area contributed by atoms with Gasteiger partial charge in [-0.15, -0.1) is 0 Å². The van der Waals surface area contributed by atoms with Gasteiger partial charge in [-0.05, 0) is 76.6 Å². The molecule has 0 aliphatic heterocycles. The molecule has 0 aromatic heterocycles. The molecule has 1 aliphatic carbocycles. The van der Waals surface area contributed by atoms with E-state index in [9.17, 15) is 0 Å². The molecule has 1 fully saturated rings. The lowest BCUT2D eigenvalue weighted by molar-refractivity contribution is 0.252. The summed E-state index contributed by atoms with van der Waals surface area (Å²) in [5.74, 6) is 1.97. The fourth-order valence-corrected chi connectivity index (χ4v) is 5.66. The van der Waals surface area contributed by atoms with Crippen LogP contribution in [0.15, 0.2) is 60.7 Å². The van der Waals surface area contributed by atoms with Crippen molar-refractivity contribution in [2.45, 2.75) is 90.9 Å². The molecule has 0 nitrogen and oxygen atoms in total. The summed E-state index contributed by atoms with van der Waals surface area (Å²) >= 11 is 0. The van der Waals surface area contributed by atoms with Crippen molar-refractivity contribution in [2.24, 2.45) is 11.8 Å². The first-order valence-corrected chi connectivity index (χ1v) is 13.4. The highest BCUT2D eigenvalue weighted by atomic mass is 14.3. The van der Waals surface area contributed by atoms with E-state index in [1.807, 2.05) is 0 Å². The predicted octanol–water partition coefficient (Wildman–Crippen LogP) is 9.78. The molecular weight excluding hydrogens is 384 g/mol. The van der Waals surface area contributed by atoms with Crippen molar-refractivity contribution in [3.05, 3.63) is 71.8 Å².